The van der Waals surface area contributed by atoms with E-state index in [9.17, 15) is 4.79 Å². The summed E-state index contributed by atoms with van der Waals surface area (Å²) in [6.45, 7) is 10.8. The van der Waals surface area contributed by atoms with Gasteiger partial charge < -0.3 is 15.5 Å². The SMILES string of the molecule is CCC(=O)N1CCC(NC(=NC)NCC(Cc2ccccc2)N(CC)CC)C1. The number of guanidine groups is 1. The van der Waals surface area contributed by atoms with Crippen molar-refractivity contribution < 1.29 is 4.79 Å². The summed E-state index contributed by atoms with van der Waals surface area (Å²) in [6.07, 6.45) is 2.55. The van der Waals surface area contributed by atoms with Gasteiger partial charge in [0.15, 0.2) is 5.96 Å². The minimum atomic E-state index is 0.233. The number of likely N-dealkylation sites (N-methyl/N-ethyl adjacent to an activating group) is 1. The van der Waals surface area contributed by atoms with Gasteiger partial charge in [0.2, 0.25) is 5.91 Å². The molecule has 2 unspecified atom stereocenters. The number of nitrogens with zero attached hydrogens (tertiary/aromatic N) is 3. The Balaban J connectivity index is 1.91. The van der Waals surface area contributed by atoms with E-state index in [1.807, 2.05) is 18.9 Å². The fraction of sp³-hybridized carbons (Fsp3) is 0.636. The average Bonchev–Trinajstić information content (AvgIpc) is 3.20. The number of likely N-dealkylation sites (tertiary alicyclic amines) is 1. The first-order valence-electron chi connectivity index (χ1n) is 10.6. The predicted molar refractivity (Wildman–Crippen MR) is 117 cm³/mol. The zero-order valence-corrected chi connectivity index (χ0v) is 17.9. The quantitative estimate of drug-likeness (QED) is 0.503. The minimum absolute atomic E-state index is 0.233. The summed E-state index contributed by atoms with van der Waals surface area (Å²) in [7, 11) is 1.81. The average molecular weight is 388 g/mol. The monoisotopic (exact) mass is 387 g/mol. The van der Waals surface area contributed by atoms with Gasteiger partial charge >= 0.3 is 0 Å². The van der Waals surface area contributed by atoms with Crippen LogP contribution in [-0.2, 0) is 11.2 Å². The van der Waals surface area contributed by atoms with E-state index in [1.165, 1.54) is 5.56 Å². The molecule has 156 valence electrons. The molecule has 1 amide bonds. The third-order valence-corrected chi connectivity index (χ3v) is 5.56. The van der Waals surface area contributed by atoms with Gasteiger partial charge in [-0.15, -0.1) is 0 Å². The van der Waals surface area contributed by atoms with Crippen molar-refractivity contribution in [3.8, 4) is 0 Å². The Morgan fingerprint density at radius 1 is 1.25 bits per heavy atom. The van der Waals surface area contributed by atoms with E-state index in [0.717, 1.165) is 51.5 Å². The van der Waals surface area contributed by atoms with Crippen LogP contribution >= 0.6 is 0 Å². The zero-order chi connectivity index (χ0) is 20.4. The highest BCUT2D eigenvalue weighted by Gasteiger charge is 2.26. The topological polar surface area (TPSA) is 60.0 Å². The summed E-state index contributed by atoms with van der Waals surface area (Å²) in [5.74, 6) is 1.05. The van der Waals surface area contributed by atoms with Crippen molar-refractivity contribution in [2.45, 2.75) is 52.1 Å². The van der Waals surface area contributed by atoms with E-state index >= 15 is 0 Å². The molecule has 28 heavy (non-hydrogen) atoms. The number of hydrogen-bond acceptors (Lipinski definition) is 3. The van der Waals surface area contributed by atoms with E-state index in [1.54, 1.807) is 0 Å². The van der Waals surface area contributed by atoms with Crippen LogP contribution in [0, 0.1) is 0 Å². The van der Waals surface area contributed by atoms with Gasteiger partial charge in [-0.25, -0.2) is 0 Å². The molecule has 2 N–H and O–H groups in total. The van der Waals surface area contributed by atoms with Gasteiger partial charge in [0.1, 0.15) is 0 Å². The second-order valence-corrected chi connectivity index (χ2v) is 7.34. The van der Waals surface area contributed by atoms with Crippen molar-refractivity contribution in [1.82, 2.24) is 20.4 Å². The van der Waals surface area contributed by atoms with Crippen molar-refractivity contribution in [1.29, 1.82) is 0 Å². The fourth-order valence-electron chi connectivity index (χ4n) is 3.89. The third-order valence-electron chi connectivity index (χ3n) is 5.56. The highest BCUT2D eigenvalue weighted by Crippen LogP contribution is 2.11. The molecule has 1 fully saturated rings. The Morgan fingerprint density at radius 2 is 1.96 bits per heavy atom. The molecule has 0 spiro atoms. The van der Waals surface area contributed by atoms with Crippen molar-refractivity contribution in [3.05, 3.63) is 35.9 Å². The maximum absolute atomic E-state index is 11.9. The molecule has 1 saturated heterocycles. The van der Waals surface area contributed by atoms with Crippen molar-refractivity contribution in [3.63, 3.8) is 0 Å². The largest absolute Gasteiger partial charge is 0.355 e. The number of benzene rings is 1. The first-order valence-corrected chi connectivity index (χ1v) is 10.6. The van der Waals surface area contributed by atoms with Crippen LogP contribution in [-0.4, -0.2) is 73.5 Å². The Kier molecular flexibility index (Phi) is 9.28. The molecule has 1 heterocycles. The summed E-state index contributed by atoms with van der Waals surface area (Å²) < 4.78 is 0. The Bertz CT molecular complexity index is 615. The van der Waals surface area contributed by atoms with E-state index in [2.05, 4.69) is 64.7 Å². The van der Waals surface area contributed by atoms with Crippen molar-refractivity contribution >= 4 is 11.9 Å². The molecule has 0 aromatic heterocycles. The first-order chi connectivity index (χ1) is 13.6. The second-order valence-electron chi connectivity index (χ2n) is 7.34. The van der Waals surface area contributed by atoms with Crippen LogP contribution in [0.5, 0.6) is 0 Å². The normalized spacial score (nSPS) is 18.4. The van der Waals surface area contributed by atoms with Crippen molar-refractivity contribution in [2.24, 2.45) is 4.99 Å². The summed E-state index contributed by atoms with van der Waals surface area (Å²) in [6, 6.07) is 11.3. The molecule has 1 aromatic rings. The van der Waals surface area contributed by atoms with Gasteiger partial charge in [-0.2, -0.15) is 0 Å². The number of amides is 1. The number of aliphatic imine (C=N–C) groups is 1. The lowest BCUT2D eigenvalue weighted by Gasteiger charge is -2.31. The predicted octanol–water partition coefficient (Wildman–Crippen LogP) is 2.12. The van der Waals surface area contributed by atoms with Crippen molar-refractivity contribution in [2.75, 3.05) is 39.8 Å². The molecule has 2 rings (SSSR count). The molecule has 0 aliphatic carbocycles. The van der Waals surface area contributed by atoms with E-state index in [0.29, 0.717) is 12.5 Å². The first kappa shape index (κ1) is 22.2. The van der Waals surface area contributed by atoms with Gasteiger partial charge in [-0.1, -0.05) is 51.1 Å². The maximum atomic E-state index is 11.9. The number of carbonyl (C=O) groups is 1. The van der Waals surface area contributed by atoms with Gasteiger partial charge in [0, 0.05) is 45.2 Å². The number of nitrogens with one attached hydrogen (secondary N) is 2. The van der Waals surface area contributed by atoms with Crippen LogP contribution in [0.2, 0.25) is 0 Å². The van der Waals surface area contributed by atoms with E-state index < -0.39 is 0 Å². The van der Waals surface area contributed by atoms with E-state index in [4.69, 9.17) is 0 Å². The smallest absolute Gasteiger partial charge is 0.222 e. The zero-order valence-electron chi connectivity index (χ0n) is 17.9. The lowest BCUT2D eigenvalue weighted by Crippen LogP contribution is -2.50. The van der Waals surface area contributed by atoms with Crippen LogP contribution in [0.25, 0.3) is 0 Å². The Hall–Kier alpha value is -2.08. The van der Waals surface area contributed by atoms with Crippen LogP contribution < -0.4 is 10.6 Å². The summed E-state index contributed by atoms with van der Waals surface area (Å²) in [5.41, 5.74) is 1.36. The van der Waals surface area contributed by atoms with Crippen LogP contribution in [0.15, 0.2) is 35.3 Å². The number of carbonyl (C=O) groups excluding carboxylic acids is 1. The third kappa shape index (κ3) is 6.51. The van der Waals surface area contributed by atoms with Gasteiger partial charge in [-0.05, 0) is 31.5 Å². The van der Waals surface area contributed by atoms with Gasteiger partial charge in [0.25, 0.3) is 0 Å². The molecule has 1 aliphatic heterocycles. The van der Waals surface area contributed by atoms with E-state index in [-0.39, 0.29) is 11.9 Å². The second kappa shape index (κ2) is 11.7. The summed E-state index contributed by atoms with van der Waals surface area (Å²) in [5, 5.41) is 7.01. The van der Waals surface area contributed by atoms with Crippen LogP contribution in [0.1, 0.15) is 39.2 Å². The van der Waals surface area contributed by atoms with Gasteiger partial charge in [-0.3, -0.25) is 14.7 Å². The number of hydrogen-bond donors (Lipinski definition) is 2. The highest BCUT2D eigenvalue weighted by molar-refractivity contribution is 5.80. The highest BCUT2D eigenvalue weighted by atomic mass is 16.2. The molecule has 6 nitrogen and oxygen atoms in total. The molecule has 1 aliphatic rings. The molecule has 0 radical (unpaired) electrons. The maximum Gasteiger partial charge on any atom is 0.222 e. The molecule has 1 aromatic carbocycles. The molecule has 2 atom stereocenters. The van der Waals surface area contributed by atoms with Crippen LogP contribution in [0.4, 0.5) is 0 Å². The number of rotatable bonds is 9. The van der Waals surface area contributed by atoms with Crippen LogP contribution in [0.3, 0.4) is 0 Å². The molecule has 0 bridgehead atoms. The lowest BCUT2D eigenvalue weighted by atomic mass is 10.0. The fourth-order valence-corrected chi connectivity index (χ4v) is 3.89. The molecule has 6 heteroatoms. The summed E-state index contributed by atoms with van der Waals surface area (Å²) >= 11 is 0. The molecule has 0 saturated carbocycles. The summed E-state index contributed by atoms with van der Waals surface area (Å²) in [4.78, 5) is 20.7. The van der Waals surface area contributed by atoms with Gasteiger partial charge in [0.05, 0.1) is 0 Å². The Morgan fingerprint density at radius 3 is 2.57 bits per heavy atom. The molecular formula is C22H37N5O. The lowest BCUT2D eigenvalue weighted by molar-refractivity contribution is -0.129. The Labute approximate surface area is 170 Å². The molecular weight excluding hydrogens is 350 g/mol. The standard InChI is InChI=1S/C22H37N5O/c1-5-21(28)27-14-13-19(17-27)25-22(23-4)24-16-20(26(6-2)7-3)15-18-11-9-8-10-12-18/h8-12,19-20H,5-7,13-17H2,1-4H3,(H2,23,24,25). The minimum Gasteiger partial charge on any atom is -0.355 e.